The van der Waals surface area contributed by atoms with E-state index in [9.17, 15) is 0 Å². The van der Waals surface area contributed by atoms with Crippen LogP contribution in [0.5, 0.6) is 5.75 Å². The van der Waals surface area contributed by atoms with Crippen LogP contribution in [0, 0.1) is 5.92 Å². The Morgan fingerprint density at radius 2 is 2.18 bits per heavy atom. The van der Waals surface area contributed by atoms with Gasteiger partial charge >= 0.3 is 0 Å². The molecule has 0 aliphatic rings. The molecule has 96 valence electrons. The second-order valence-electron chi connectivity index (χ2n) is 4.33. The Balaban J connectivity index is 2.24. The van der Waals surface area contributed by atoms with Gasteiger partial charge in [0.1, 0.15) is 12.4 Å². The third kappa shape index (κ3) is 6.24. The van der Waals surface area contributed by atoms with E-state index < -0.39 is 0 Å². The molecule has 0 atom stereocenters. The Labute approximate surface area is 103 Å². The topological polar surface area (TPSA) is 43.4 Å². The van der Waals surface area contributed by atoms with Gasteiger partial charge in [0.2, 0.25) is 0 Å². The zero-order valence-corrected chi connectivity index (χ0v) is 10.9. The van der Waals surface area contributed by atoms with Crippen molar-refractivity contribution >= 4 is 0 Å². The highest BCUT2D eigenvalue weighted by molar-refractivity contribution is 5.22. The van der Waals surface area contributed by atoms with Crippen molar-refractivity contribution in [2.75, 3.05) is 26.9 Å². The number of hydrogen-bond donors (Lipinski definition) is 1. The monoisotopic (exact) mass is 238 g/mol. The highest BCUT2D eigenvalue weighted by Crippen LogP contribution is 2.10. The van der Waals surface area contributed by atoms with Gasteiger partial charge in [-0.3, -0.25) is 4.98 Å². The molecule has 0 aromatic carbocycles. The molecule has 0 spiro atoms. The summed E-state index contributed by atoms with van der Waals surface area (Å²) in [5.41, 5.74) is 0.980. The molecule has 1 N–H and O–H groups in total. The lowest BCUT2D eigenvalue weighted by Gasteiger charge is -2.09. The SMILES string of the molecule is CNCc1cc(OCCOCC(C)C)ccn1. The van der Waals surface area contributed by atoms with Gasteiger partial charge in [0.25, 0.3) is 0 Å². The lowest BCUT2D eigenvalue weighted by atomic mass is 10.2. The van der Waals surface area contributed by atoms with E-state index in [2.05, 4.69) is 24.1 Å². The molecule has 4 nitrogen and oxygen atoms in total. The Bertz CT molecular complexity index is 316. The van der Waals surface area contributed by atoms with Crippen molar-refractivity contribution in [2.24, 2.45) is 5.92 Å². The summed E-state index contributed by atoms with van der Waals surface area (Å²) < 4.78 is 11.0. The van der Waals surface area contributed by atoms with Crippen LogP contribution in [-0.2, 0) is 11.3 Å². The fraction of sp³-hybridized carbons (Fsp3) is 0.615. The molecule has 1 aromatic heterocycles. The average molecular weight is 238 g/mol. The molecule has 0 saturated heterocycles. The van der Waals surface area contributed by atoms with E-state index in [1.165, 1.54) is 0 Å². The van der Waals surface area contributed by atoms with E-state index in [1.54, 1.807) is 6.20 Å². The van der Waals surface area contributed by atoms with Crippen LogP contribution >= 0.6 is 0 Å². The number of pyridine rings is 1. The predicted molar refractivity (Wildman–Crippen MR) is 68.2 cm³/mol. The van der Waals surface area contributed by atoms with Crippen LogP contribution < -0.4 is 10.1 Å². The van der Waals surface area contributed by atoms with Crippen molar-refractivity contribution in [2.45, 2.75) is 20.4 Å². The summed E-state index contributed by atoms with van der Waals surface area (Å²) in [7, 11) is 1.90. The summed E-state index contributed by atoms with van der Waals surface area (Å²) in [5.74, 6) is 1.41. The summed E-state index contributed by atoms with van der Waals surface area (Å²) in [6.07, 6.45) is 1.76. The van der Waals surface area contributed by atoms with Crippen LogP contribution in [-0.4, -0.2) is 31.9 Å². The molecule has 17 heavy (non-hydrogen) atoms. The normalized spacial score (nSPS) is 10.8. The molecule has 0 saturated carbocycles. The minimum absolute atomic E-state index is 0.568. The first-order chi connectivity index (χ1) is 8.22. The van der Waals surface area contributed by atoms with Crippen LogP contribution in [0.4, 0.5) is 0 Å². The molecule has 0 fully saturated rings. The van der Waals surface area contributed by atoms with Crippen molar-refractivity contribution in [3.8, 4) is 5.75 Å². The Morgan fingerprint density at radius 1 is 1.35 bits per heavy atom. The summed E-state index contributed by atoms with van der Waals surface area (Å²) in [5, 5.41) is 3.06. The van der Waals surface area contributed by atoms with Gasteiger partial charge in [0.15, 0.2) is 0 Å². The fourth-order valence-electron chi connectivity index (χ4n) is 1.36. The molecule has 4 heteroatoms. The fourth-order valence-corrected chi connectivity index (χ4v) is 1.36. The standard InChI is InChI=1S/C13H22N2O2/c1-11(2)10-16-6-7-17-13-4-5-15-12(8-13)9-14-3/h4-5,8,11,14H,6-7,9-10H2,1-3H3. The van der Waals surface area contributed by atoms with E-state index in [0.29, 0.717) is 19.1 Å². The van der Waals surface area contributed by atoms with Crippen molar-refractivity contribution in [1.82, 2.24) is 10.3 Å². The second kappa shape index (κ2) is 8.03. The van der Waals surface area contributed by atoms with E-state index in [4.69, 9.17) is 9.47 Å². The third-order valence-corrected chi connectivity index (χ3v) is 2.09. The van der Waals surface area contributed by atoms with Gasteiger partial charge in [-0.05, 0) is 19.0 Å². The number of nitrogens with one attached hydrogen (secondary N) is 1. The van der Waals surface area contributed by atoms with Gasteiger partial charge in [-0.1, -0.05) is 13.8 Å². The Morgan fingerprint density at radius 3 is 2.88 bits per heavy atom. The van der Waals surface area contributed by atoms with Crippen molar-refractivity contribution in [3.05, 3.63) is 24.0 Å². The zero-order chi connectivity index (χ0) is 12.5. The molecule has 1 aromatic rings. The molecule has 0 amide bonds. The maximum Gasteiger partial charge on any atom is 0.122 e. The Hall–Kier alpha value is -1.13. The van der Waals surface area contributed by atoms with Gasteiger partial charge in [0.05, 0.1) is 12.3 Å². The highest BCUT2D eigenvalue weighted by atomic mass is 16.5. The van der Waals surface area contributed by atoms with E-state index >= 15 is 0 Å². The second-order valence-corrected chi connectivity index (χ2v) is 4.33. The minimum atomic E-state index is 0.568. The van der Waals surface area contributed by atoms with Gasteiger partial charge in [-0.25, -0.2) is 0 Å². The molecule has 0 unspecified atom stereocenters. The maximum absolute atomic E-state index is 5.58. The molecule has 0 aliphatic carbocycles. The number of rotatable bonds is 8. The molecule has 0 bridgehead atoms. The molecule has 0 aliphatic heterocycles. The lowest BCUT2D eigenvalue weighted by Crippen LogP contribution is -2.11. The third-order valence-electron chi connectivity index (χ3n) is 2.09. The molecular formula is C13H22N2O2. The van der Waals surface area contributed by atoms with Crippen molar-refractivity contribution < 1.29 is 9.47 Å². The number of aromatic nitrogens is 1. The first-order valence-electron chi connectivity index (χ1n) is 6.02. The smallest absolute Gasteiger partial charge is 0.122 e. The number of hydrogen-bond acceptors (Lipinski definition) is 4. The Kier molecular flexibility index (Phi) is 6.58. The predicted octanol–water partition coefficient (Wildman–Crippen LogP) is 1.85. The van der Waals surface area contributed by atoms with E-state index in [0.717, 1.165) is 24.6 Å². The van der Waals surface area contributed by atoms with Crippen LogP contribution in [0.25, 0.3) is 0 Å². The summed E-state index contributed by atoms with van der Waals surface area (Å²) in [4.78, 5) is 4.22. The number of ether oxygens (including phenoxy) is 2. The van der Waals surface area contributed by atoms with E-state index in [-0.39, 0.29) is 0 Å². The van der Waals surface area contributed by atoms with Crippen LogP contribution in [0.3, 0.4) is 0 Å². The van der Waals surface area contributed by atoms with Crippen LogP contribution in [0.1, 0.15) is 19.5 Å². The minimum Gasteiger partial charge on any atom is -0.491 e. The lowest BCUT2D eigenvalue weighted by molar-refractivity contribution is 0.0818. The van der Waals surface area contributed by atoms with Gasteiger partial charge in [-0.2, -0.15) is 0 Å². The largest absolute Gasteiger partial charge is 0.491 e. The molecule has 0 radical (unpaired) electrons. The summed E-state index contributed by atoms with van der Waals surface area (Å²) in [6.45, 7) is 7.00. The van der Waals surface area contributed by atoms with Gasteiger partial charge in [-0.15, -0.1) is 0 Å². The summed E-state index contributed by atoms with van der Waals surface area (Å²) in [6, 6.07) is 3.81. The zero-order valence-electron chi connectivity index (χ0n) is 10.9. The first kappa shape index (κ1) is 13.9. The van der Waals surface area contributed by atoms with Crippen molar-refractivity contribution in [1.29, 1.82) is 0 Å². The molecule has 1 heterocycles. The molecule has 1 rings (SSSR count). The van der Waals surface area contributed by atoms with Gasteiger partial charge in [0, 0.05) is 25.4 Å². The van der Waals surface area contributed by atoms with Crippen molar-refractivity contribution in [3.63, 3.8) is 0 Å². The highest BCUT2D eigenvalue weighted by Gasteiger charge is 1.98. The van der Waals surface area contributed by atoms with Gasteiger partial charge < -0.3 is 14.8 Å². The van der Waals surface area contributed by atoms with Crippen LogP contribution in [0.2, 0.25) is 0 Å². The maximum atomic E-state index is 5.58. The van der Waals surface area contributed by atoms with Crippen LogP contribution in [0.15, 0.2) is 18.3 Å². The molecular weight excluding hydrogens is 216 g/mol. The average Bonchev–Trinajstić information content (AvgIpc) is 2.29. The number of nitrogens with zero attached hydrogens (tertiary/aromatic N) is 1. The summed E-state index contributed by atoms with van der Waals surface area (Å²) >= 11 is 0. The quantitative estimate of drug-likeness (QED) is 0.702. The van der Waals surface area contributed by atoms with E-state index in [1.807, 2.05) is 19.2 Å². The first-order valence-corrected chi connectivity index (χ1v) is 6.02.